The number of benzene rings is 2. The number of nitrogens with zero attached hydrogens (tertiary/aromatic N) is 1. The van der Waals surface area contributed by atoms with E-state index in [2.05, 4.69) is 29.5 Å². The maximum atomic E-state index is 14.6. The van der Waals surface area contributed by atoms with Crippen molar-refractivity contribution in [1.29, 1.82) is 0 Å². The van der Waals surface area contributed by atoms with E-state index in [4.69, 9.17) is 25.8 Å². The number of alkyl halides is 1. The van der Waals surface area contributed by atoms with Crippen LogP contribution in [0, 0.1) is 11.7 Å². The summed E-state index contributed by atoms with van der Waals surface area (Å²) in [6.45, 7) is 5.10. The molecule has 0 saturated heterocycles. The molecule has 7 nitrogen and oxygen atoms in total. The third-order valence-corrected chi connectivity index (χ3v) is 5.21. The number of aromatic nitrogens is 1. The van der Waals surface area contributed by atoms with Crippen molar-refractivity contribution in [3.63, 3.8) is 0 Å². The average molecular weight is 490 g/mol. The molecule has 1 heterocycles. The molecular weight excluding hydrogens is 461 g/mol. The number of rotatable bonds is 11. The van der Waals surface area contributed by atoms with Crippen LogP contribution in [0.15, 0.2) is 42.6 Å². The number of carbonyl (C=O) groups excluding carboxylic acids is 1. The summed E-state index contributed by atoms with van der Waals surface area (Å²) in [6.07, 6.45) is 3.14. The molecule has 34 heavy (non-hydrogen) atoms. The molecule has 182 valence electrons. The van der Waals surface area contributed by atoms with E-state index in [1.54, 1.807) is 37.6 Å². The Kier molecular flexibility index (Phi) is 9.16. The Balaban J connectivity index is 1.75. The number of nitrogens with one attached hydrogen (secondary N) is 2. The number of carbonyl (C=O) groups is 1. The highest BCUT2D eigenvalue weighted by molar-refractivity contribution is 6.17. The van der Waals surface area contributed by atoms with Gasteiger partial charge in [0.1, 0.15) is 17.3 Å². The second kappa shape index (κ2) is 12.3. The molecule has 3 rings (SSSR count). The van der Waals surface area contributed by atoms with Gasteiger partial charge in [-0.1, -0.05) is 13.8 Å². The fraction of sp³-hybridized carbons (Fsp3) is 0.360. The fourth-order valence-corrected chi connectivity index (χ4v) is 3.26. The molecule has 2 N–H and O–H groups in total. The van der Waals surface area contributed by atoms with Gasteiger partial charge >= 0.3 is 6.03 Å². The number of methoxy groups -OCH3 is 1. The van der Waals surface area contributed by atoms with Crippen molar-refractivity contribution in [3.8, 4) is 23.0 Å². The molecule has 0 aliphatic rings. The molecule has 2 amide bonds. The molecule has 0 saturated carbocycles. The van der Waals surface area contributed by atoms with Gasteiger partial charge in [0.2, 0.25) is 0 Å². The van der Waals surface area contributed by atoms with Crippen molar-refractivity contribution < 1.29 is 23.4 Å². The molecule has 0 fully saturated rings. The Hall–Kier alpha value is -3.26. The minimum atomic E-state index is -0.609. The SMILES string of the molecule is COc1cc2c(Oc3ccc(NC(=O)NCCC(C)C)c(F)c3)ccnc2cc1OCCCCl. The largest absolute Gasteiger partial charge is 0.493 e. The highest BCUT2D eigenvalue weighted by Gasteiger charge is 2.14. The quantitative estimate of drug-likeness (QED) is 0.242. The van der Waals surface area contributed by atoms with E-state index in [9.17, 15) is 9.18 Å². The average Bonchev–Trinajstić information content (AvgIpc) is 2.80. The van der Waals surface area contributed by atoms with Crippen LogP contribution in [0.4, 0.5) is 14.9 Å². The summed E-state index contributed by atoms with van der Waals surface area (Å²) in [4.78, 5) is 16.4. The minimum absolute atomic E-state index is 0.0642. The van der Waals surface area contributed by atoms with Gasteiger partial charge in [0.25, 0.3) is 0 Å². The van der Waals surface area contributed by atoms with Gasteiger partial charge in [-0.2, -0.15) is 0 Å². The zero-order chi connectivity index (χ0) is 24.5. The summed E-state index contributed by atoms with van der Waals surface area (Å²) in [6, 6.07) is 9.02. The van der Waals surface area contributed by atoms with E-state index in [1.807, 2.05) is 0 Å². The van der Waals surface area contributed by atoms with Crippen molar-refractivity contribution in [2.24, 2.45) is 5.92 Å². The maximum Gasteiger partial charge on any atom is 0.319 e. The normalized spacial score (nSPS) is 10.9. The lowest BCUT2D eigenvalue weighted by Crippen LogP contribution is -2.30. The Labute approximate surface area is 203 Å². The van der Waals surface area contributed by atoms with E-state index in [1.165, 1.54) is 12.1 Å². The van der Waals surface area contributed by atoms with E-state index < -0.39 is 11.8 Å². The lowest BCUT2D eigenvalue weighted by atomic mass is 10.1. The number of hydrogen-bond donors (Lipinski definition) is 2. The van der Waals surface area contributed by atoms with Crippen LogP contribution >= 0.6 is 11.6 Å². The number of halogens is 2. The van der Waals surface area contributed by atoms with Crippen molar-refractivity contribution in [1.82, 2.24) is 10.3 Å². The first kappa shape index (κ1) is 25.4. The second-order valence-corrected chi connectivity index (χ2v) is 8.41. The first-order chi connectivity index (χ1) is 16.4. The van der Waals surface area contributed by atoms with Gasteiger partial charge in [-0.25, -0.2) is 9.18 Å². The van der Waals surface area contributed by atoms with Crippen molar-refractivity contribution in [2.75, 3.05) is 31.5 Å². The van der Waals surface area contributed by atoms with E-state index in [-0.39, 0.29) is 11.4 Å². The van der Waals surface area contributed by atoms with Crippen LogP contribution in [0.2, 0.25) is 0 Å². The molecule has 2 aromatic carbocycles. The predicted molar refractivity (Wildman–Crippen MR) is 132 cm³/mol. The highest BCUT2D eigenvalue weighted by atomic mass is 35.5. The van der Waals surface area contributed by atoms with Crippen LogP contribution in [-0.2, 0) is 0 Å². The summed E-state index contributed by atoms with van der Waals surface area (Å²) >= 11 is 5.72. The van der Waals surface area contributed by atoms with Gasteiger partial charge in [-0.05, 0) is 43.0 Å². The summed E-state index contributed by atoms with van der Waals surface area (Å²) in [5.74, 6) is 2.18. The van der Waals surface area contributed by atoms with Crippen LogP contribution in [0.25, 0.3) is 10.9 Å². The lowest BCUT2D eigenvalue weighted by molar-refractivity contribution is 0.251. The standard InChI is InChI=1S/C25H29ClFN3O4/c1-16(2)7-10-29-25(31)30-20-6-5-17(13-19(20)27)34-22-8-11-28-21-15-24(33-12-4-9-26)23(32-3)14-18(21)22/h5-6,8,11,13-16H,4,7,9-10,12H2,1-3H3,(H2,29,30,31). The van der Waals surface area contributed by atoms with Gasteiger partial charge in [0.05, 0.1) is 24.9 Å². The van der Waals surface area contributed by atoms with Crippen LogP contribution in [-0.4, -0.2) is 37.2 Å². The highest BCUT2D eigenvalue weighted by Crippen LogP contribution is 2.37. The molecule has 0 atom stereocenters. The Morgan fingerprint density at radius 2 is 1.97 bits per heavy atom. The zero-order valence-electron chi connectivity index (χ0n) is 19.5. The molecule has 0 aliphatic carbocycles. The van der Waals surface area contributed by atoms with Gasteiger partial charge < -0.3 is 24.8 Å². The fourth-order valence-electron chi connectivity index (χ4n) is 3.15. The van der Waals surface area contributed by atoms with Gasteiger partial charge in [0, 0.05) is 36.1 Å². The molecular formula is C25H29ClFN3O4. The number of pyridine rings is 1. The van der Waals surface area contributed by atoms with Crippen LogP contribution in [0.1, 0.15) is 26.7 Å². The summed E-state index contributed by atoms with van der Waals surface area (Å²) in [5, 5.41) is 5.91. The monoisotopic (exact) mass is 489 g/mol. The molecule has 9 heteroatoms. The number of fused-ring (bicyclic) bond motifs is 1. The van der Waals surface area contributed by atoms with Crippen LogP contribution < -0.4 is 24.8 Å². The third-order valence-electron chi connectivity index (χ3n) is 4.95. The smallest absolute Gasteiger partial charge is 0.319 e. The van der Waals surface area contributed by atoms with E-state index >= 15 is 0 Å². The van der Waals surface area contributed by atoms with Crippen LogP contribution in [0.3, 0.4) is 0 Å². The molecule has 0 bridgehead atoms. The Morgan fingerprint density at radius 1 is 1.15 bits per heavy atom. The Bertz CT molecular complexity index is 1130. The number of ether oxygens (including phenoxy) is 3. The Morgan fingerprint density at radius 3 is 2.68 bits per heavy atom. The predicted octanol–water partition coefficient (Wildman–Crippen LogP) is 6.35. The lowest BCUT2D eigenvalue weighted by Gasteiger charge is -2.14. The summed E-state index contributed by atoms with van der Waals surface area (Å²) in [7, 11) is 1.55. The third kappa shape index (κ3) is 6.87. The van der Waals surface area contributed by atoms with Crippen molar-refractivity contribution in [2.45, 2.75) is 26.7 Å². The maximum absolute atomic E-state index is 14.6. The zero-order valence-corrected chi connectivity index (χ0v) is 20.2. The molecule has 0 unspecified atom stereocenters. The van der Waals surface area contributed by atoms with E-state index in [0.717, 1.165) is 6.42 Å². The second-order valence-electron chi connectivity index (χ2n) is 8.03. The van der Waals surface area contributed by atoms with Crippen molar-refractivity contribution in [3.05, 3.63) is 48.4 Å². The van der Waals surface area contributed by atoms with Gasteiger partial charge in [0.15, 0.2) is 11.5 Å². The molecule has 0 aliphatic heterocycles. The number of hydrogen-bond acceptors (Lipinski definition) is 5. The van der Waals surface area contributed by atoms with Gasteiger partial charge in [-0.15, -0.1) is 11.6 Å². The summed E-state index contributed by atoms with van der Waals surface area (Å²) in [5.41, 5.74) is 0.699. The van der Waals surface area contributed by atoms with Crippen LogP contribution in [0.5, 0.6) is 23.0 Å². The number of urea groups is 1. The topological polar surface area (TPSA) is 81.7 Å². The molecule has 3 aromatic rings. The van der Waals surface area contributed by atoms with Gasteiger partial charge in [-0.3, -0.25) is 4.98 Å². The summed E-state index contributed by atoms with van der Waals surface area (Å²) < 4.78 is 31.8. The molecule has 1 aromatic heterocycles. The van der Waals surface area contributed by atoms with Crippen molar-refractivity contribution >= 4 is 34.2 Å². The molecule has 0 spiro atoms. The minimum Gasteiger partial charge on any atom is -0.493 e. The number of amides is 2. The van der Waals surface area contributed by atoms with E-state index in [0.29, 0.717) is 59.5 Å². The number of anilines is 1. The first-order valence-electron chi connectivity index (χ1n) is 11.1. The first-order valence-corrected chi connectivity index (χ1v) is 11.6. The molecule has 0 radical (unpaired) electrons.